The summed E-state index contributed by atoms with van der Waals surface area (Å²) in [7, 11) is 0. The molecule has 116 valence electrons. The largest absolute Gasteiger partial charge is 0.329 e. The molecule has 1 saturated carbocycles. The molecular weight excluding hydrogens is 291 g/mol. The van der Waals surface area contributed by atoms with E-state index >= 15 is 0 Å². The molecule has 0 saturated heterocycles. The van der Waals surface area contributed by atoms with Crippen LogP contribution in [0.25, 0.3) is 11.1 Å². The standard InChI is InChI=1S/C18H17FN4/c1-12-20-4-5-23(12)11-18-9-16(10-21-22-18)15-6-14(13-2-3-13)7-17(19)8-15/h4-10,13H,2-3,11H2,1H3. The van der Waals surface area contributed by atoms with Crippen molar-refractivity contribution in [2.24, 2.45) is 0 Å². The van der Waals surface area contributed by atoms with Gasteiger partial charge in [-0.25, -0.2) is 9.37 Å². The monoisotopic (exact) mass is 308 g/mol. The van der Waals surface area contributed by atoms with E-state index in [0.717, 1.165) is 41.1 Å². The predicted molar refractivity (Wildman–Crippen MR) is 85.5 cm³/mol. The Balaban J connectivity index is 1.67. The Morgan fingerprint density at radius 1 is 1.17 bits per heavy atom. The number of aryl methyl sites for hydroxylation is 1. The van der Waals surface area contributed by atoms with Gasteiger partial charge >= 0.3 is 0 Å². The Morgan fingerprint density at radius 2 is 2.04 bits per heavy atom. The molecule has 4 nitrogen and oxygen atoms in total. The van der Waals surface area contributed by atoms with Crippen LogP contribution in [-0.2, 0) is 6.54 Å². The lowest BCUT2D eigenvalue weighted by molar-refractivity contribution is 0.626. The lowest BCUT2D eigenvalue weighted by atomic mass is 10.0. The number of imidazole rings is 1. The molecule has 1 aromatic carbocycles. The van der Waals surface area contributed by atoms with Crippen molar-refractivity contribution in [1.82, 2.24) is 19.7 Å². The van der Waals surface area contributed by atoms with Crippen molar-refractivity contribution >= 4 is 0 Å². The Kier molecular flexibility index (Phi) is 3.41. The molecule has 1 fully saturated rings. The predicted octanol–water partition coefficient (Wildman–Crippen LogP) is 3.71. The minimum atomic E-state index is -0.187. The van der Waals surface area contributed by atoms with Crippen molar-refractivity contribution < 1.29 is 4.39 Å². The summed E-state index contributed by atoms with van der Waals surface area (Å²) in [5.74, 6) is 1.26. The van der Waals surface area contributed by atoms with Gasteiger partial charge < -0.3 is 4.57 Å². The van der Waals surface area contributed by atoms with Crippen molar-refractivity contribution in [3.05, 3.63) is 65.8 Å². The molecule has 0 radical (unpaired) electrons. The summed E-state index contributed by atoms with van der Waals surface area (Å²) in [6.07, 6.45) is 7.68. The molecule has 2 heterocycles. The van der Waals surface area contributed by atoms with E-state index in [2.05, 4.69) is 21.2 Å². The van der Waals surface area contributed by atoms with Gasteiger partial charge in [0, 0.05) is 18.0 Å². The third-order valence-corrected chi connectivity index (χ3v) is 4.26. The van der Waals surface area contributed by atoms with Crippen LogP contribution in [0.2, 0.25) is 0 Å². The van der Waals surface area contributed by atoms with E-state index < -0.39 is 0 Å². The molecule has 1 aliphatic carbocycles. The van der Waals surface area contributed by atoms with Crippen molar-refractivity contribution in [2.75, 3.05) is 0 Å². The van der Waals surface area contributed by atoms with Crippen molar-refractivity contribution in [3.8, 4) is 11.1 Å². The van der Waals surface area contributed by atoms with Crippen LogP contribution >= 0.6 is 0 Å². The van der Waals surface area contributed by atoms with Crippen LogP contribution in [0, 0.1) is 12.7 Å². The van der Waals surface area contributed by atoms with Crippen LogP contribution in [0.3, 0.4) is 0 Å². The van der Waals surface area contributed by atoms with Gasteiger partial charge in [-0.3, -0.25) is 0 Å². The summed E-state index contributed by atoms with van der Waals surface area (Å²) >= 11 is 0. The van der Waals surface area contributed by atoms with E-state index in [0.29, 0.717) is 12.5 Å². The summed E-state index contributed by atoms with van der Waals surface area (Å²) in [6.45, 7) is 2.56. The van der Waals surface area contributed by atoms with E-state index in [1.54, 1.807) is 24.5 Å². The lowest BCUT2D eigenvalue weighted by Crippen LogP contribution is -2.04. The van der Waals surface area contributed by atoms with E-state index in [1.807, 2.05) is 23.8 Å². The minimum Gasteiger partial charge on any atom is -0.329 e. The van der Waals surface area contributed by atoms with Crippen LogP contribution in [-0.4, -0.2) is 19.7 Å². The molecule has 0 bridgehead atoms. The van der Waals surface area contributed by atoms with Gasteiger partial charge in [0.1, 0.15) is 11.6 Å². The summed E-state index contributed by atoms with van der Waals surface area (Å²) in [5, 5.41) is 8.27. The van der Waals surface area contributed by atoms with Crippen LogP contribution in [0.1, 0.15) is 35.8 Å². The summed E-state index contributed by atoms with van der Waals surface area (Å²) in [5.41, 5.74) is 3.68. The lowest BCUT2D eigenvalue weighted by Gasteiger charge is -2.08. The van der Waals surface area contributed by atoms with Gasteiger partial charge in [-0.05, 0) is 55.0 Å². The highest BCUT2D eigenvalue weighted by molar-refractivity contribution is 5.64. The smallest absolute Gasteiger partial charge is 0.124 e. The first-order chi connectivity index (χ1) is 11.2. The number of halogens is 1. The molecule has 0 unspecified atom stereocenters. The van der Waals surface area contributed by atoms with Gasteiger partial charge in [0.2, 0.25) is 0 Å². The SMILES string of the molecule is Cc1nccn1Cc1cc(-c2cc(F)cc(C3CC3)c2)cnn1. The topological polar surface area (TPSA) is 43.6 Å². The van der Waals surface area contributed by atoms with E-state index in [4.69, 9.17) is 0 Å². The molecule has 5 heteroatoms. The number of aromatic nitrogens is 4. The molecule has 23 heavy (non-hydrogen) atoms. The average Bonchev–Trinajstić information content (AvgIpc) is 3.32. The molecule has 0 atom stereocenters. The van der Waals surface area contributed by atoms with Gasteiger partial charge in [0.25, 0.3) is 0 Å². The molecule has 0 amide bonds. The number of rotatable bonds is 4. The molecule has 2 aromatic heterocycles. The molecule has 0 aliphatic heterocycles. The van der Waals surface area contributed by atoms with E-state index in [1.165, 1.54) is 0 Å². The second kappa shape index (κ2) is 5.57. The fourth-order valence-corrected chi connectivity index (χ4v) is 2.82. The Hall–Kier alpha value is -2.56. The molecule has 1 aliphatic rings. The van der Waals surface area contributed by atoms with Crippen LogP contribution in [0.15, 0.2) is 42.9 Å². The van der Waals surface area contributed by atoms with E-state index in [9.17, 15) is 4.39 Å². The quantitative estimate of drug-likeness (QED) is 0.738. The molecule has 0 spiro atoms. The first-order valence-corrected chi connectivity index (χ1v) is 7.79. The second-order valence-electron chi connectivity index (χ2n) is 6.09. The van der Waals surface area contributed by atoms with Gasteiger partial charge in [0.05, 0.1) is 18.4 Å². The summed E-state index contributed by atoms with van der Waals surface area (Å²) < 4.78 is 15.9. The second-order valence-corrected chi connectivity index (χ2v) is 6.09. The highest BCUT2D eigenvalue weighted by Gasteiger charge is 2.24. The third kappa shape index (κ3) is 2.99. The molecule has 0 N–H and O–H groups in total. The zero-order valence-corrected chi connectivity index (χ0v) is 12.9. The van der Waals surface area contributed by atoms with Crippen LogP contribution < -0.4 is 0 Å². The third-order valence-electron chi connectivity index (χ3n) is 4.26. The minimum absolute atomic E-state index is 0.187. The maximum Gasteiger partial charge on any atom is 0.124 e. The van der Waals surface area contributed by atoms with Gasteiger partial charge in [-0.2, -0.15) is 10.2 Å². The normalized spacial score (nSPS) is 14.2. The fraction of sp³-hybridized carbons (Fsp3) is 0.278. The zero-order chi connectivity index (χ0) is 15.8. The first-order valence-electron chi connectivity index (χ1n) is 7.79. The number of benzene rings is 1. The van der Waals surface area contributed by atoms with Crippen molar-refractivity contribution in [1.29, 1.82) is 0 Å². The van der Waals surface area contributed by atoms with Gasteiger partial charge in [-0.15, -0.1) is 0 Å². The van der Waals surface area contributed by atoms with Gasteiger partial charge in [-0.1, -0.05) is 6.07 Å². The maximum atomic E-state index is 13.9. The highest BCUT2D eigenvalue weighted by Crippen LogP contribution is 2.41. The molecular formula is C18H17FN4. The Bertz CT molecular complexity index is 852. The molecule has 3 aromatic rings. The average molecular weight is 308 g/mol. The molecule has 4 rings (SSSR count). The summed E-state index contributed by atoms with van der Waals surface area (Å²) in [4.78, 5) is 4.21. The maximum absolute atomic E-state index is 13.9. The number of nitrogens with zero attached hydrogens (tertiary/aromatic N) is 4. The zero-order valence-electron chi connectivity index (χ0n) is 12.9. The summed E-state index contributed by atoms with van der Waals surface area (Å²) in [6, 6.07) is 7.25. The first kappa shape index (κ1) is 14.1. The number of hydrogen-bond acceptors (Lipinski definition) is 3. The Labute approximate surface area is 134 Å². The Morgan fingerprint density at radius 3 is 2.78 bits per heavy atom. The van der Waals surface area contributed by atoms with Crippen LogP contribution in [0.4, 0.5) is 4.39 Å². The fourth-order valence-electron chi connectivity index (χ4n) is 2.82. The van der Waals surface area contributed by atoms with Gasteiger partial charge in [0.15, 0.2) is 0 Å². The van der Waals surface area contributed by atoms with E-state index in [-0.39, 0.29) is 5.82 Å². The van der Waals surface area contributed by atoms with Crippen molar-refractivity contribution in [3.63, 3.8) is 0 Å². The number of hydrogen-bond donors (Lipinski definition) is 0. The van der Waals surface area contributed by atoms with Crippen molar-refractivity contribution in [2.45, 2.75) is 32.2 Å². The van der Waals surface area contributed by atoms with Crippen LogP contribution in [0.5, 0.6) is 0 Å². The highest BCUT2D eigenvalue weighted by atomic mass is 19.1.